The summed E-state index contributed by atoms with van der Waals surface area (Å²) in [5.74, 6) is -0.359. The number of amides is 2. The van der Waals surface area contributed by atoms with Crippen molar-refractivity contribution in [3.63, 3.8) is 0 Å². The number of hydrogen-bond donors (Lipinski definition) is 1. The molecule has 1 aliphatic rings. The van der Waals surface area contributed by atoms with Crippen molar-refractivity contribution >= 4 is 23.2 Å². The molecule has 0 unspecified atom stereocenters. The van der Waals surface area contributed by atoms with Crippen LogP contribution in [0.1, 0.15) is 55.3 Å². The zero-order chi connectivity index (χ0) is 23.4. The molecule has 6 nitrogen and oxygen atoms in total. The first-order valence-corrected chi connectivity index (χ1v) is 12.0. The predicted molar refractivity (Wildman–Crippen MR) is 130 cm³/mol. The van der Waals surface area contributed by atoms with Crippen LogP contribution in [-0.4, -0.2) is 35.6 Å². The molecule has 4 rings (SSSR count). The number of nitrogens with one attached hydrogen (secondary N) is 1. The molecule has 0 radical (unpaired) electrons. The number of ether oxygens (including phenoxy) is 1. The topological polar surface area (TPSA) is 72.7 Å². The lowest BCUT2D eigenvalue weighted by atomic mass is 10.1. The minimum absolute atomic E-state index is 0.102. The van der Waals surface area contributed by atoms with E-state index in [0.29, 0.717) is 29.0 Å². The maximum absolute atomic E-state index is 12.7. The molecule has 0 aliphatic carbocycles. The number of benzene rings is 2. The number of hydrogen-bond acceptors (Lipinski definition) is 4. The number of carbonyl (C=O) groups excluding carboxylic acids is 2. The molecule has 172 valence electrons. The van der Waals surface area contributed by atoms with E-state index in [1.807, 2.05) is 61.7 Å². The first-order chi connectivity index (χ1) is 15.9. The highest BCUT2D eigenvalue weighted by Gasteiger charge is 2.17. The highest BCUT2D eigenvalue weighted by Crippen LogP contribution is 2.15. The number of carbonyl (C=O) groups is 2. The molecule has 1 aromatic heterocycles. The second-order valence-electron chi connectivity index (χ2n) is 8.44. The van der Waals surface area contributed by atoms with Gasteiger partial charge in [0.25, 0.3) is 11.8 Å². The number of aryl methyl sites for hydroxylation is 2. The molecule has 1 saturated heterocycles. The molecular formula is C26H29N3O3S. The number of aromatic nitrogens is 1. The van der Waals surface area contributed by atoms with E-state index in [-0.39, 0.29) is 17.9 Å². The van der Waals surface area contributed by atoms with Crippen LogP contribution >= 0.6 is 11.3 Å². The van der Waals surface area contributed by atoms with E-state index in [4.69, 9.17) is 4.74 Å². The number of rotatable bonds is 6. The van der Waals surface area contributed by atoms with Gasteiger partial charge in [-0.15, -0.1) is 11.3 Å². The molecule has 7 heteroatoms. The molecule has 1 atom stereocenters. The summed E-state index contributed by atoms with van der Waals surface area (Å²) in [5.41, 5.74) is 4.32. The van der Waals surface area contributed by atoms with Gasteiger partial charge >= 0.3 is 0 Å². The molecule has 0 spiro atoms. The second kappa shape index (κ2) is 10.3. The number of thiazole rings is 1. The minimum Gasteiger partial charge on any atom is -0.376 e. The van der Waals surface area contributed by atoms with Gasteiger partial charge in [-0.2, -0.15) is 4.99 Å². The van der Waals surface area contributed by atoms with Crippen molar-refractivity contribution in [2.75, 3.05) is 13.2 Å². The lowest BCUT2D eigenvalue weighted by Crippen LogP contribution is -2.31. The van der Waals surface area contributed by atoms with Gasteiger partial charge in [-0.05, 0) is 63.4 Å². The molecule has 33 heavy (non-hydrogen) atoms. The fourth-order valence-electron chi connectivity index (χ4n) is 3.82. The van der Waals surface area contributed by atoms with Crippen LogP contribution in [0.4, 0.5) is 0 Å². The van der Waals surface area contributed by atoms with Crippen molar-refractivity contribution < 1.29 is 14.3 Å². The predicted octanol–water partition coefficient (Wildman–Crippen LogP) is 4.17. The van der Waals surface area contributed by atoms with E-state index in [2.05, 4.69) is 10.3 Å². The van der Waals surface area contributed by atoms with Gasteiger partial charge in [0.2, 0.25) is 0 Å². The molecular weight excluding hydrogens is 434 g/mol. The van der Waals surface area contributed by atoms with E-state index < -0.39 is 0 Å². The number of nitrogens with zero attached hydrogens (tertiary/aromatic N) is 2. The monoisotopic (exact) mass is 463 g/mol. The van der Waals surface area contributed by atoms with Crippen LogP contribution in [0.3, 0.4) is 0 Å². The highest BCUT2D eigenvalue weighted by atomic mass is 32.1. The molecule has 2 amide bonds. The standard InChI is InChI=1S/C26H29N3O3S/c1-17-9-11-21(12-10-17)25(31)28-26-29(18(2)19(3)33-26)16-20-6-4-7-22(14-20)24(30)27-15-23-8-5-13-32-23/h4,6-7,9-12,14,23H,5,8,13,15-16H2,1-3H3,(H,27,30)/t23-/m0/s1. The lowest BCUT2D eigenvalue weighted by molar-refractivity contribution is 0.0857. The van der Waals surface area contributed by atoms with E-state index in [0.717, 1.165) is 41.1 Å². The average Bonchev–Trinajstić information content (AvgIpc) is 3.42. The van der Waals surface area contributed by atoms with Crippen molar-refractivity contribution in [3.05, 3.63) is 86.2 Å². The normalized spacial score (nSPS) is 16.2. The van der Waals surface area contributed by atoms with Gasteiger partial charge < -0.3 is 14.6 Å². The molecule has 1 fully saturated rings. The first-order valence-electron chi connectivity index (χ1n) is 11.2. The fraction of sp³-hybridized carbons (Fsp3) is 0.346. The Kier molecular flexibility index (Phi) is 7.20. The Labute approximate surface area is 198 Å². The third-order valence-electron chi connectivity index (χ3n) is 5.93. The molecule has 0 saturated carbocycles. The van der Waals surface area contributed by atoms with E-state index in [9.17, 15) is 9.59 Å². The van der Waals surface area contributed by atoms with Gasteiger partial charge in [0.1, 0.15) is 0 Å². The Balaban J connectivity index is 1.54. The summed E-state index contributed by atoms with van der Waals surface area (Å²) in [6, 6.07) is 15.0. The summed E-state index contributed by atoms with van der Waals surface area (Å²) in [5, 5.41) is 2.98. The van der Waals surface area contributed by atoms with Gasteiger partial charge in [-0.3, -0.25) is 9.59 Å². The summed E-state index contributed by atoms with van der Waals surface area (Å²) >= 11 is 1.50. The van der Waals surface area contributed by atoms with Crippen LogP contribution in [-0.2, 0) is 11.3 Å². The minimum atomic E-state index is -0.257. The van der Waals surface area contributed by atoms with Gasteiger partial charge in [0.15, 0.2) is 4.80 Å². The maximum Gasteiger partial charge on any atom is 0.279 e. The zero-order valence-electron chi connectivity index (χ0n) is 19.3. The summed E-state index contributed by atoms with van der Waals surface area (Å²) in [4.78, 5) is 31.6. The summed E-state index contributed by atoms with van der Waals surface area (Å²) < 4.78 is 7.62. The summed E-state index contributed by atoms with van der Waals surface area (Å²) in [6.45, 7) is 7.88. The first kappa shape index (κ1) is 23.1. The third-order valence-corrected chi connectivity index (χ3v) is 7.03. The second-order valence-corrected chi connectivity index (χ2v) is 9.62. The SMILES string of the molecule is Cc1ccc(C(=O)N=c2sc(C)c(C)n2Cc2cccc(C(=O)NC[C@@H]3CCCO3)c2)cc1. The lowest BCUT2D eigenvalue weighted by Gasteiger charge is -2.12. The molecule has 2 aromatic carbocycles. The zero-order valence-corrected chi connectivity index (χ0v) is 20.1. The third kappa shape index (κ3) is 5.67. The van der Waals surface area contributed by atoms with Crippen molar-refractivity contribution in [3.8, 4) is 0 Å². The molecule has 1 aliphatic heterocycles. The Morgan fingerprint density at radius 1 is 1.12 bits per heavy atom. The quantitative estimate of drug-likeness (QED) is 0.596. The molecule has 1 N–H and O–H groups in total. The van der Waals surface area contributed by atoms with Crippen molar-refractivity contribution in [1.82, 2.24) is 9.88 Å². The van der Waals surface area contributed by atoms with E-state index in [1.165, 1.54) is 11.3 Å². The molecule has 0 bridgehead atoms. The smallest absolute Gasteiger partial charge is 0.279 e. The Hall–Kier alpha value is -3.03. The van der Waals surface area contributed by atoms with Crippen LogP contribution < -0.4 is 10.1 Å². The van der Waals surface area contributed by atoms with Gasteiger partial charge in [0.05, 0.1) is 12.6 Å². The summed E-state index contributed by atoms with van der Waals surface area (Å²) in [6.07, 6.45) is 2.15. The molecule has 3 aromatic rings. The van der Waals surface area contributed by atoms with Crippen molar-refractivity contribution in [2.45, 2.75) is 46.3 Å². The van der Waals surface area contributed by atoms with E-state index >= 15 is 0 Å². The van der Waals surface area contributed by atoms with Gasteiger partial charge in [-0.25, -0.2) is 0 Å². The molecule has 2 heterocycles. The van der Waals surface area contributed by atoms with Crippen molar-refractivity contribution in [1.29, 1.82) is 0 Å². The Morgan fingerprint density at radius 2 is 1.91 bits per heavy atom. The Bertz CT molecular complexity index is 1220. The Morgan fingerprint density at radius 3 is 2.64 bits per heavy atom. The van der Waals surface area contributed by atoms with Crippen LogP contribution in [0, 0.1) is 20.8 Å². The maximum atomic E-state index is 12.7. The van der Waals surface area contributed by atoms with Crippen molar-refractivity contribution in [2.24, 2.45) is 4.99 Å². The largest absolute Gasteiger partial charge is 0.376 e. The average molecular weight is 464 g/mol. The van der Waals surface area contributed by atoms with E-state index in [1.54, 1.807) is 12.1 Å². The van der Waals surface area contributed by atoms with Crippen LogP contribution in [0.2, 0.25) is 0 Å². The van der Waals surface area contributed by atoms with Crippen LogP contribution in [0.5, 0.6) is 0 Å². The van der Waals surface area contributed by atoms with Gasteiger partial charge in [-0.1, -0.05) is 29.8 Å². The van der Waals surface area contributed by atoms with Crippen LogP contribution in [0.25, 0.3) is 0 Å². The highest BCUT2D eigenvalue weighted by molar-refractivity contribution is 7.09. The fourth-order valence-corrected chi connectivity index (χ4v) is 4.80. The van der Waals surface area contributed by atoms with Crippen LogP contribution in [0.15, 0.2) is 53.5 Å². The summed E-state index contributed by atoms with van der Waals surface area (Å²) in [7, 11) is 0. The van der Waals surface area contributed by atoms with Gasteiger partial charge in [0, 0.05) is 34.8 Å².